The minimum absolute atomic E-state index is 0.489. The molecule has 1 unspecified atom stereocenters. The van der Waals surface area contributed by atoms with E-state index in [1.54, 1.807) is 0 Å². The molecule has 0 saturated carbocycles. The van der Waals surface area contributed by atoms with Crippen molar-refractivity contribution < 1.29 is 0 Å². The topological polar surface area (TPSA) is 0 Å². The summed E-state index contributed by atoms with van der Waals surface area (Å²) in [5.74, 6) is 0. The molecule has 1 heteroatoms. The molecule has 0 aromatic carbocycles. The van der Waals surface area contributed by atoms with Gasteiger partial charge in [0.05, 0.1) is 0 Å². The van der Waals surface area contributed by atoms with E-state index in [1.165, 1.54) is 19.3 Å². The molecule has 0 aliphatic rings. The first-order valence-corrected chi connectivity index (χ1v) is 4.87. The van der Waals surface area contributed by atoms with Gasteiger partial charge < -0.3 is 0 Å². The maximum Gasteiger partial charge on any atom is 0.109 e. The zero-order chi connectivity index (χ0) is 9.12. The Morgan fingerprint density at radius 3 is 1.82 bits per heavy atom. The molecule has 0 heterocycles. The van der Waals surface area contributed by atoms with Crippen LogP contribution in [0.25, 0.3) is 0 Å². The van der Waals surface area contributed by atoms with Crippen molar-refractivity contribution >= 4 is 7.85 Å². The molecule has 0 spiro atoms. The van der Waals surface area contributed by atoms with Crippen molar-refractivity contribution in [2.75, 3.05) is 0 Å². The van der Waals surface area contributed by atoms with Crippen molar-refractivity contribution in [3.05, 3.63) is 0 Å². The fraction of sp³-hybridized carbons (Fsp3) is 1.00. The van der Waals surface area contributed by atoms with Gasteiger partial charge in [-0.2, -0.15) is 0 Å². The third-order valence-electron chi connectivity index (χ3n) is 3.59. The first kappa shape index (κ1) is 11.1. The maximum atomic E-state index is 2.39. The summed E-state index contributed by atoms with van der Waals surface area (Å²) in [4.78, 5) is 0. The molecule has 0 fully saturated rings. The molecule has 11 heavy (non-hydrogen) atoms. The molecule has 0 aromatic rings. The zero-order valence-electron chi connectivity index (χ0n) is 9.12. The van der Waals surface area contributed by atoms with Crippen molar-refractivity contribution in [2.45, 2.75) is 59.2 Å². The molecule has 0 N–H and O–H groups in total. The average Bonchev–Trinajstić information content (AvgIpc) is 1.87. The van der Waals surface area contributed by atoms with Crippen LogP contribution in [-0.4, -0.2) is 7.85 Å². The molecule has 0 radical (unpaired) electrons. The minimum atomic E-state index is 0.489. The largest absolute Gasteiger partial charge is 0.109 e. The molecule has 0 aliphatic carbocycles. The highest BCUT2D eigenvalue weighted by Gasteiger charge is 2.33. The van der Waals surface area contributed by atoms with Crippen molar-refractivity contribution in [2.24, 2.45) is 5.41 Å². The van der Waals surface area contributed by atoms with E-state index in [4.69, 9.17) is 0 Å². The molecule has 0 amide bonds. The van der Waals surface area contributed by atoms with Crippen LogP contribution in [0, 0.1) is 5.41 Å². The maximum absolute atomic E-state index is 2.39. The van der Waals surface area contributed by atoms with Gasteiger partial charge in [-0.05, 0) is 11.8 Å². The number of hydrogen-bond donors (Lipinski definition) is 0. The van der Waals surface area contributed by atoms with E-state index in [9.17, 15) is 0 Å². The van der Waals surface area contributed by atoms with Crippen molar-refractivity contribution in [1.29, 1.82) is 0 Å². The normalized spacial score (nSPS) is 17.9. The van der Waals surface area contributed by atoms with E-state index < -0.39 is 0 Å². The van der Waals surface area contributed by atoms with E-state index in [-0.39, 0.29) is 0 Å². The van der Waals surface area contributed by atoms with E-state index in [1.807, 2.05) is 0 Å². The van der Waals surface area contributed by atoms with Crippen LogP contribution in [0.4, 0.5) is 0 Å². The van der Waals surface area contributed by atoms with Crippen LogP contribution < -0.4 is 0 Å². The quantitative estimate of drug-likeness (QED) is 0.546. The Labute approximate surface area is 73.2 Å². The summed E-state index contributed by atoms with van der Waals surface area (Å²) >= 11 is 0. The molecule has 1 atom stereocenters. The second kappa shape index (κ2) is 3.64. The summed E-state index contributed by atoms with van der Waals surface area (Å²) in [6.07, 6.45) is 3.92. The van der Waals surface area contributed by atoms with Crippen LogP contribution in [0.2, 0.25) is 5.31 Å². The van der Waals surface area contributed by atoms with E-state index in [0.29, 0.717) is 10.7 Å². The third-order valence-corrected chi connectivity index (χ3v) is 3.59. The van der Waals surface area contributed by atoms with Gasteiger partial charge in [0.25, 0.3) is 0 Å². The van der Waals surface area contributed by atoms with Crippen LogP contribution in [-0.2, 0) is 0 Å². The van der Waals surface area contributed by atoms with Crippen LogP contribution in [0.3, 0.4) is 0 Å². The SMILES string of the molecule is BC(C)(CC)C(C)(C)CCC. The molecule has 0 aromatic heterocycles. The summed E-state index contributed by atoms with van der Waals surface area (Å²) in [6.45, 7) is 11.7. The van der Waals surface area contributed by atoms with Gasteiger partial charge in [-0.25, -0.2) is 0 Å². The Bertz CT molecular complexity index is 114. The lowest BCUT2D eigenvalue weighted by Gasteiger charge is -2.41. The first-order valence-electron chi connectivity index (χ1n) is 4.87. The summed E-state index contributed by atoms with van der Waals surface area (Å²) < 4.78 is 0. The van der Waals surface area contributed by atoms with E-state index >= 15 is 0 Å². The second-order valence-electron chi connectivity index (χ2n) is 4.87. The summed E-state index contributed by atoms with van der Waals surface area (Å²) in [7, 11) is 2.38. The highest BCUT2D eigenvalue weighted by molar-refractivity contribution is 6.15. The predicted molar refractivity (Wildman–Crippen MR) is 55.9 cm³/mol. The zero-order valence-corrected chi connectivity index (χ0v) is 9.12. The first-order chi connectivity index (χ1) is 4.87. The van der Waals surface area contributed by atoms with Crippen molar-refractivity contribution in [3.8, 4) is 0 Å². The summed E-state index contributed by atoms with van der Waals surface area (Å²) in [5, 5.41) is 0.489. The van der Waals surface area contributed by atoms with Gasteiger partial charge in [0, 0.05) is 0 Å². The molecular formula is C10H23B. The Morgan fingerprint density at radius 2 is 1.55 bits per heavy atom. The fourth-order valence-corrected chi connectivity index (χ4v) is 1.44. The van der Waals surface area contributed by atoms with Gasteiger partial charge in [0.15, 0.2) is 0 Å². The number of rotatable bonds is 4. The summed E-state index contributed by atoms with van der Waals surface area (Å²) in [5.41, 5.74) is 0.497. The molecule has 0 saturated heterocycles. The van der Waals surface area contributed by atoms with Crippen LogP contribution in [0.5, 0.6) is 0 Å². The molecular weight excluding hydrogens is 131 g/mol. The lowest BCUT2D eigenvalue weighted by Crippen LogP contribution is -2.28. The van der Waals surface area contributed by atoms with Gasteiger partial charge in [0.1, 0.15) is 7.85 Å². The fourth-order valence-electron chi connectivity index (χ4n) is 1.44. The van der Waals surface area contributed by atoms with Crippen molar-refractivity contribution in [1.82, 2.24) is 0 Å². The lowest BCUT2D eigenvalue weighted by molar-refractivity contribution is 0.222. The highest BCUT2D eigenvalue weighted by atomic mass is 14.3. The average molecular weight is 154 g/mol. The van der Waals surface area contributed by atoms with Crippen LogP contribution in [0.15, 0.2) is 0 Å². The molecule has 0 aliphatic heterocycles. The second-order valence-corrected chi connectivity index (χ2v) is 4.87. The van der Waals surface area contributed by atoms with Crippen LogP contribution in [0.1, 0.15) is 53.9 Å². The molecule has 0 bridgehead atoms. The Morgan fingerprint density at radius 1 is 1.09 bits per heavy atom. The van der Waals surface area contributed by atoms with E-state index in [2.05, 4.69) is 42.5 Å². The van der Waals surface area contributed by atoms with Crippen LogP contribution >= 0.6 is 0 Å². The smallest absolute Gasteiger partial charge is 0.0664 e. The third kappa shape index (κ3) is 2.54. The standard InChI is InChI=1S/C10H23B/c1-6-8-9(3,4)10(5,11)7-2/h6-8,11H2,1-5H3. The molecule has 66 valence electrons. The number of hydrogen-bond acceptors (Lipinski definition) is 0. The highest BCUT2D eigenvalue weighted by Crippen LogP contribution is 2.48. The predicted octanol–water partition coefficient (Wildman–Crippen LogP) is 3.03. The van der Waals surface area contributed by atoms with Gasteiger partial charge >= 0.3 is 0 Å². The van der Waals surface area contributed by atoms with Gasteiger partial charge in [-0.15, -0.1) is 0 Å². The van der Waals surface area contributed by atoms with Crippen molar-refractivity contribution in [3.63, 3.8) is 0 Å². The lowest BCUT2D eigenvalue weighted by atomic mass is 9.52. The molecule has 0 nitrogen and oxygen atoms in total. The van der Waals surface area contributed by atoms with Gasteiger partial charge in [-0.3, -0.25) is 0 Å². The monoisotopic (exact) mass is 154 g/mol. The Balaban J connectivity index is 4.26. The Hall–Kier alpha value is 0.0649. The Kier molecular flexibility index (Phi) is 3.67. The minimum Gasteiger partial charge on any atom is -0.0664 e. The summed E-state index contributed by atoms with van der Waals surface area (Å²) in [6, 6.07) is 0. The van der Waals surface area contributed by atoms with Gasteiger partial charge in [0.2, 0.25) is 0 Å². The van der Waals surface area contributed by atoms with Gasteiger partial charge in [-0.1, -0.05) is 52.8 Å². The van der Waals surface area contributed by atoms with E-state index in [0.717, 1.165) is 0 Å². The molecule has 0 rings (SSSR count).